The molecule has 0 bridgehead atoms. The van der Waals surface area contributed by atoms with Gasteiger partial charge in [-0.05, 0) is 97.6 Å². The van der Waals surface area contributed by atoms with Crippen molar-refractivity contribution in [2.24, 2.45) is 23.2 Å². The van der Waals surface area contributed by atoms with E-state index in [-0.39, 0.29) is 6.84 Å². The SMILES string of the molecule is CC#C[C@@H]1CC[C@H]2[C@@H]3CCC4=CC(=O)CCC4=C3[C@@H](c3ccc(N(C)C)cc3)C[C@]12C.[H+]. The monoisotopic (exact) mass is 414 g/mol. The van der Waals surface area contributed by atoms with Crippen molar-refractivity contribution in [3.8, 4) is 11.8 Å². The third kappa shape index (κ3) is 3.29. The van der Waals surface area contributed by atoms with Crippen molar-refractivity contribution in [2.45, 2.75) is 64.7 Å². The molecule has 2 heteroatoms. The summed E-state index contributed by atoms with van der Waals surface area (Å²) >= 11 is 0. The molecule has 0 heterocycles. The fraction of sp³-hybridized carbons (Fsp3) is 0.552. The molecule has 0 aromatic heterocycles. The topological polar surface area (TPSA) is 20.3 Å². The van der Waals surface area contributed by atoms with E-state index in [2.05, 4.69) is 62.0 Å². The summed E-state index contributed by atoms with van der Waals surface area (Å²) in [5, 5.41) is 0. The van der Waals surface area contributed by atoms with E-state index in [4.69, 9.17) is 0 Å². The fourth-order valence-corrected chi connectivity index (χ4v) is 7.37. The normalized spacial score (nSPS) is 34.2. The third-order valence-corrected chi connectivity index (χ3v) is 8.86. The molecule has 2 fully saturated rings. The Hall–Kier alpha value is -2.27. The molecule has 4 aliphatic rings. The summed E-state index contributed by atoms with van der Waals surface area (Å²) in [7, 11) is 4.21. The van der Waals surface area contributed by atoms with Crippen LogP contribution in [0.3, 0.4) is 0 Å². The molecule has 0 radical (unpaired) electrons. The summed E-state index contributed by atoms with van der Waals surface area (Å²) in [6.07, 6.45) is 9.64. The first kappa shape index (κ1) is 20.6. The molecular formula is C29H36NO+. The lowest BCUT2D eigenvalue weighted by molar-refractivity contribution is -0.114. The van der Waals surface area contributed by atoms with Gasteiger partial charge in [-0.1, -0.05) is 30.6 Å². The first-order valence-electron chi connectivity index (χ1n) is 12.1. The maximum absolute atomic E-state index is 12.2. The highest BCUT2D eigenvalue weighted by molar-refractivity contribution is 5.93. The number of benzene rings is 1. The van der Waals surface area contributed by atoms with Crippen molar-refractivity contribution < 1.29 is 6.22 Å². The van der Waals surface area contributed by atoms with Crippen LogP contribution in [0.1, 0.15) is 71.7 Å². The van der Waals surface area contributed by atoms with Crippen LogP contribution in [-0.4, -0.2) is 19.9 Å². The zero-order valence-electron chi connectivity index (χ0n) is 20.5. The van der Waals surface area contributed by atoms with E-state index in [0.29, 0.717) is 30.0 Å². The molecule has 0 amide bonds. The van der Waals surface area contributed by atoms with Crippen LogP contribution in [0.5, 0.6) is 0 Å². The van der Waals surface area contributed by atoms with E-state index >= 15 is 0 Å². The number of carbonyl (C=O) groups excluding carboxylic acids is 1. The summed E-state index contributed by atoms with van der Waals surface area (Å²) in [5.41, 5.74) is 7.57. The van der Waals surface area contributed by atoms with E-state index < -0.39 is 0 Å². The van der Waals surface area contributed by atoms with Gasteiger partial charge < -0.3 is 4.90 Å². The Morgan fingerprint density at radius 2 is 1.84 bits per heavy atom. The minimum atomic E-state index is 0. The third-order valence-electron chi connectivity index (χ3n) is 8.86. The molecule has 1 aromatic rings. The lowest BCUT2D eigenvalue weighted by Gasteiger charge is -2.52. The fourth-order valence-electron chi connectivity index (χ4n) is 7.37. The molecule has 5 rings (SSSR count). The van der Waals surface area contributed by atoms with Crippen LogP contribution in [0.4, 0.5) is 5.69 Å². The van der Waals surface area contributed by atoms with Crippen molar-refractivity contribution in [1.29, 1.82) is 0 Å². The average molecular weight is 415 g/mol. The van der Waals surface area contributed by atoms with Crippen LogP contribution in [0.15, 0.2) is 47.1 Å². The van der Waals surface area contributed by atoms with E-state index in [9.17, 15) is 4.79 Å². The number of nitrogens with zero attached hydrogens (tertiary/aromatic N) is 1. The average Bonchev–Trinajstić information content (AvgIpc) is 3.09. The minimum absolute atomic E-state index is 0. The summed E-state index contributed by atoms with van der Waals surface area (Å²) < 4.78 is 0. The molecule has 162 valence electrons. The van der Waals surface area contributed by atoms with Crippen molar-refractivity contribution in [1.82, 2.24) is 0 Å². The molecule has 31 heavy (non-hydrogen) atoms. The summed E-state index contributed by atoms with van der Waals surface area (Å²) in [6, 6.07) is 9.25. The standard InChI is InChI=1S/C29H35NO/c1-5-6-21-10-16-27-25-14-9-20-17-23(31)13-15-24(20)28(25)26(18-29(21,27)2)19-7-11-22(12-8-19)30(3)4/h7-8,11-12,17,21,25-27H,9-10,13-16,18H2,1-4H3/p+1/t21-,25+,26-,27+,29-/m1/s1. The maximum atomic E-state index is 12.2. The zero-order valence-corrected chi connectivity index (χ0v) is 19.5. The van der Waals surface area contributed by atoms with Gasteiger partial charge in [0.05, 0.1) is 0 Å². The Morgan fingerprint density at radius 3 is 2.55 bits per heavy atom. The molecule has 0 N–H and O–H groups in total. The van der Waals surface area contributed by atoms with Crippen molar-refractivity contribution in [3.63, 3.8) is 0 Å². The van der Waals surface area contributed by atoms with Gasteiger partial charge in [0.1, 0.15) is 0 Å². The van der Waals surface area contributed by atoms with Crippen LogP contribution in [0.25, 0.3) is 0 Å². The number of hydrogen-bond donors (Lipinski definition) is 0. The molecule has 0 saturated heterocycles. The number of anilines is 1. The minimum Gasteiger partial charge on any atom is -0.378 e. The number of rotatable bonds is 2. The van der Waals surface area contributed by atoms with Gasteiger partial charge in [-0.3, -0.25) is 4.79 Å². The van der Waals surface area contributed by atoms with Crippen molar-refractivity contribution in [3.05, 3.63) is 52.6 Å². The second kappa shape index (κ2) is 7.70. The highest BCUT2D eigenvalue weighted by atomic mass is 16.1. The Balaban J connectivity index is 0.00000245. The van der Waals surface area contributed by atoms with Gasteiger partial charge in [0, 0.05) is 38.0 Å². The van der Waals surface area contributed by atoms with Crippen molar-refractivity contribution >= 4 is 11.5 Å². The van der Waals surface area contributed by atoms with Gasteiger partial charge in [-0.25, -0.2) is 0 Å². The van der Waals surface area contributed by atoms with Gasteiger partial charge in [0.15, 0.2) is 5.78 Å². The van der Waals surface area contributed by atoms with Gasteiger partial charge >= 0.3 is 1.43 Å². The first-order valence-corrected chi connectivity index (χ1v) is 12.1. The van der Waals surface area contributed by atoms with Gasteiger partial charge in [0.25, 0.3) is 0 Å². The number of ketones is 1. The number of carbonyl (C=O) groups is 1. The largest absolute Gasteiger partial charge is 1.00 e. The Bertz CT molecular complexity index is 1020. The smallest absolute Gasteiger partial charge is 0.378 e. The van der Waals surface area contributed by atoms with E-state index in [0.717, 1.165) is 18.8 Å². The number of fused-ring (bicyclic) bond motifs is 4. The van der Waals surface area contributed by atoms with Crippen LogP contribution >= 0.6 is 0 Å². The van der Waals surface area contributed by atoms with Crippen LogP contribution in [0, 0.1) is 35.0 Å². The van der Waals surface area contributed by atoms with Gasteiger partial charge in [-0.15, -0.1) is 5.92 Å². The molecule has 2 saturated carbocycles. The Labute approximate surface area is 189 Å². The molecule has 1 aromatic carbocycles. The van der Waals surface area contributed by atoms with E-state index in [1.54, 1.807) is 11.1 Å². The highest BCUT2D eigenvalue weighted by Gasteiger charge is 2.56. The summed E-state index contributed by atoms with van der Waals surface area (Å²) in [6.45, 7) is 4.54. The zero-order chi connectivity index (χ0) is 21.8. The maximum Gasteiger partial charge on any atom is 1.00 e. The Morgan fingerprint density at radius 1 is 1.06 bits per heavy atom. The summed E-state index contributed by atoms with van der Waals surface area (Å²) in [4.78, 5) is 14.3. The molecule has 4 aliphatic carbocycles. The molecule has 0 aliphatic heterocycles. The van der Waals surface area contributed by atoms with E-state index in [1.807, 2.05) is 13.0 Å². The molecule has 0 spiro atoms. The molecule has 2 nitrogen and oxygen atoms in total. The van der Waals surface area contributed by atoms with Crippen LogP contribution in [0.2, 0.25) is 0 Å². The Kier molecular flexibility index (Phi) is 5.12. The van der Waals surface area contributed by atoms with Crippen LogP contribution < -0.4 is 4.90 Å². The predicted octanol–water partition coefficient (Wildman–Crippen LogP) is 6.40. The number of hydrogen-bond acceptors (Lipinski definition) is 2. The second-order valence-electron chi connectivity index (χ2n) is 10.6. The van der Waals surface area contributed by atoms with Crippen molar-refractivity contribution in [2.75, 3.05) is 19.0 Å². The van der Waals surface area contributed by atoms with Gasteiger partial charge in [0.2, 0.25) is 0 Å². The first-order chi connectivity index (χ1) is 14.9. The predicted molar refractivity (Wildman–Crippen MR) is 129 cm³/mol. The van der Waals surface area contributed by atoms with Gasteiger partial charge in [-0.2, -0.15) is 0 Å². The molecular weight excluding hydrogens is 378 g/mol. The van der Waals surface area contributed by atoms with Crippen LogP contribution in [-0.2, 0) is 4.79 Å². The molecule has 5 atom stereocenters. The molecule has 0 unspecified atom stereocenters. The lowest BCUT2D eigenvalue weighted by atomic mass is 9.52. The highest BCUT2D eigenvalue weighted by Crippen LogP contribution is 2.65. The second-order valence-corrected chi connectivity index (χ2v) is 10.6. The summed E-state index contributed by atoms with van der Waals surface area (Å²) in [5.74, 6) is 9.54. The van der Waals surface area contributed by atoms with E-state index in [1.165, 1.54) is 42.5 Å². The lowest BCUT2D eigenvalue weighted by Crippen LogP contribution is -2.43. The number of allylic oxidation sites excluding steroid dienone is 4. The quantitative estimate of drug-likeness (QED) is 0.522.